The standard InChI is InChI=1S/C9H8Br2N4O2S2/c1-4-13-14-9(18-4)15-19(16,17)8-6(10)2-5(12)3-7(8)11/h2-3H,12H2,1H3,(H,14,15). The predicted molar refractivity (Wildman–Crippen MR) is 81.7 cm³/mol. The molecule has 0 aliphatic carbocycles. The Balaban J connectivity index is 2.45. The van der Waals surface area contributed by atoms with Crippen molar-refractivity contribution in [2.45, 2.75) is 11.8 Å². The summed E-state index contributed by atoms with van der Waals surface area (Å²) in [6.45, 7) is 1.74. The maximum absolute atomic E-state index is 12.3. The van der Waals surface area contributed by atoms with Gasteiger partial charge in [-0.1, -0.05) is 11.3 Å². The Morgan fingerprint density at radius 2 is 1.84 bits per heavy atom. The lowest BCUT2D eigenvalue weighted by Crippen LogP contribution is -2.14. The first-order valence-electron chi connectivity index (χ1n) is 4.87. The van der Waals surface area contributed by atoms with E-state index in [2.05, 4.69) is 46.8 Å². The van der Waals surface area contributed by atoms with Gasteiger partial charge in [0.1, 0.15) is 9.90 Å². The van der Waals surface area contributed by atoms with Gasteiger partial charge >= 0.3 is 0 Å². The van der Waals surface area contributed by atoms with Crippen LogP contribution in [-0.4, -0.2) is 18.6 Å². The zero-order valence-corrected chi connectivity index (χ0v) is 14.3. The summed E-state index contributed by atoms with van der Waals surface area (Å²) in [5.74, 6) is 0. The summed E-state index contributed by atoms with van der Waals surface area (Å²) in [6.07, 6.45) is 0. The van der Waals surface area contributed by atoms with Crippen LogP contribution < -0.4 is 10.5 Å². The normalized spacial score (nSPS) is 11.5. The summed E-state index contributed by atoms with van der Waals surface area (Å²) in [4.78, 5) is 0.0644. The largest absolute Gasteiger partial charge is 0.399 e. The van der Waals surface area contributed by atoms with E-state index in [1.54, 1.807) is 6.92 Å². The number of nitrogen functional groups attached to an aromatic ring is 1. The zero-order valence-electron chi connectivity index (χ0n) is 9.52. The van der Waals surface area contributed by atoms with Gasteiger partial charge in [0, 0.05) is 14.6 Å². The number of anilines is 2. The molecule has 102 valence electrons. The van der Waals surface area contributed by atoms with Crippen molar-refractivity contribution in [2.24, 2.45) is 0 Å². The van der Waals surface area contributed by atoms with Crippen molar-refractivity contribution in [1.82, 2.24) is 10.2 Å². The van der Waals surface area contributed by atoms with Gasteiger partial charge in [-0.2, -0.15) is 0 Å². The Morgan fingerprint density at radius 1 is 1.26 bits per heavy atom. The van der Waals surface area contributed by atoms with Gasteiger partial charge in [-0.25, -0.2) is 8.42 Å². The van der Waals surface area contributed by atoms with Crippen LogP contribution in [-0.2, 0) is 10.0 Å². The number of aryl methyl sites for hydroxylation is 1. The highest BCUT2D eigenvalue weighted by Gasteiger charge is 2.23. The molecule has 0 aliphatic rings. The average Bonchev–Trinajstić information content (AvgIpc) is 2.60. The number of hydrogen-bond donors (Lipinski definition) is 2. The molecule has 0 saturated heterocycles. The molecule has 10 heteroatoms. The van der Waals surface area contributed by atoms with Crippen molar-refractivity contribution in [1.29, 1.82) is 0 Å². The van der Waals surface area contributed by atoms with Crippen LogP contribution in [0.2, 0.25) is 0 Å². The number of nitrogens with two attached hydrogens (primary N) is 1. The SMILES string of the molecule is Cc1nnc(NS(=O)(=O)c2c(Br)cc(N)cc2Br)s1. The fourth-order valence-corrected chi connectivity index (χ4v) is 5.78. The summed E-state index contributed by atoms with van der Waals surface area (Å²) in [7, 11) is -3.77. The van der Waals surface area contributed by atoms with E-state index in [0.29, 0.717) is 19.6 Å². The van der Waals surface area contributed by atoms with E-state index in [-0.39, 0.29) is 10.0 Å². The molecule has 0 amide bonds. The lowest BCUT2D eigenvalue weighted by Gasteiger charge is -2.10. The Morgan fingerprint density at radius 3 is 2.32 bits per heavy atom. The second-order valence-electron chi connectivity index (χ2n) is 3.55. The number of sulfonamides is 1. The van der Waals surface area contributed by atoms with E-state index in [9.17, 15) is 8.42 Å². The second kappa shape index (κ2) is 5.35. The summed E-state index contributed by atoms with van der Waals surface area (Å²) in [6, 6.07) is 3.04. The Bertz CT molecular complexity index is 707. The van der Waals surface area contributed by atoms with Crippen LogP contribution in [0.4, 0.5) is 10.8 Å². The first kappa shape index (κ1) is 14.7. The third-order valence-corrected chi connectivity index (χ3v) is 6.14. The average molecular weight is 428 g/mol. The monoisotopic (exact) mass is 426 g/mol. The first-order valence-corrected chi connectivity index (χ1v) is 8.75. The molecule has 2 aromatic rings. The van der Waals surface area contributed by atoms with Gasteiger partial charge in [-0.05, 0) is 50.9 Å². The van der Waals surface area contributed by atoms with Crippen molar-refractivity contribution in [3.8, 4) is 0 Å². The molecule has 0 bridgehead atoms. The maximum Gasteiger partial charge on any atom is 0.265 e. The van der Waals surface area contributed by atoms with Crippen LogP contribution in [0.1, 0.15) is 5.01 Å². The van der Waals surface area contributed by atoms with E-state index >= 15 is 0 Å². The number of hydrogen-bond acceptors (Lipinski definition) is 6. The summed E-state index contributed by atoms with van der Waals surface area (Å²) < 4.78 is 27.7. The van der Waals surface area contributed by atoms with Crippen LogP contribution >= 0.6 is 43.2 Å². The molecule has 0 radical (unpaired) electrons. The smallest absolute Gasteiger partial charge is 0.265 e. The lowest BCUT2D eigenvalue weighted by atomic mass is 10.3. The minimum atomic E-state index is -3.77. The fourth-order valence-electron chi connectivity index (χ4n) is 1.34. The van der Waals surface area contributed by atoms with E-state index in [1.165, 1.54) is 12.1 Å². The van der Waals surface area contributed by atoms with E-state index in [1.807, 2.05) is 0 Å². The number of rotatable bonds is 3. The summed E-state index contributed by atoms with van der Waals surface area (Å²) in [5, 5.41) is 8.37. The maximum atomic E-state index is 12.3. The molecule has 0 atom stereocenters. The quantitative estimate of drug-likeness (QED) is 0.733. The van der Waals surface area contributed by atoms with Crippen molar-refractivity contribution < 1.29 is 8.42 Å². The van der Waals surface area contributed by atoms with Gasteiger partial charge in [0.15, 0.2) is 0 Å². The number of nitrogens with one attached hydrogen (secondary N) is 1. The third-order valence-electron chi connectivity index (χ3n) is 2.04. The van der Waals surface area contributed by atoms with Crippen molar-refractivity contribution >= 4 is 64.0 Å². The number of benzene rings is 1. The molecule has 6 nitrogen and oxygen atoms in total. The fraction of sp³-hybridized carbons (Fsp3) is 0.111. The second-order valence-corrected chi connectivity index (χ2v) is 8.05. The molecule has 3 N–H and O–H groups in total. The van der Waals surface area contributed by atoms with Gasteiger partial charge < -0.3 is 5.73 Å². The highest BCUT2D eigenvalue weighted by Crippen LogP contribution is 2.33. The lowest BCUT2D eigenvalue weighted by molar-refractivity contribution is 0.600. The Labute approximate surface area is 130 Å². The highest BCUT2D eigenvalue weighted by atomic mass is 79.9. The van der Waals surface area contributed by atoms with E-state index in [4.69, 9.17) is 5.73 Å². The predicted octanol–water partition coefficient (Wildman–Crippen LogP) is 2.75. The minimum Gasteiger partial charge on any atom is -0.399 e. The van der Waals surface area contributed by atoms with Crippen molar-refractivity contribution in [3.05, 3.63) is 26.1 Å². The Hall–Kier alpha value is -0.710. The van der Waals surface area contributed by atoms with Gasteiger partial charge in [0.25, 0.3) is 10.0 Å². The molecular formula is C9H8Br2N4O2S2. The first-order chi connectivity index (χ1) is 8.79. The van der Waals surface area contributed by atoms with Gasteiger partial charge in [0.05, 0.1) is 0 Å². The molecule has 0 saturated carbocycles. The zero-order chi connectivity index (χ0) is 14.2. The number of aromatic nitrogens is 2. The van der Waals surface area contributed by atoms with E-state index in [0.717, 1.165) is 11.3 Å². The highest BCUT2D eigenvalue weighted by molar-refractivity contribution is 9.11. The van der Waals surface area contributed by atoms with Gasteiger partial charge in [0.2, 0.25) is 5.13 Å². The number of halogens is 2. The third kappa shape index (κ3) is 3.25. The molecule has 0 unspecified atom stereocenters. The van der Waals surface area contributed by atoms with Crippen molar-refractivity contribution in [3.63, 3.8) is 0 Å². The minimum absolute atomic E-state index is 0.0644. The van der Waals surface area contributed by atoms with Crippen LogP contribution in [0.3, 0.4) is 0 Å². The van der Waals surface area contributed by atoms with E-state index < -0.39 is 10.0 Å². The number of nitrogens with zero attached hydrogens (tertiary/aromatic N) is 2. The van der Waals surface area contributed by atoms with Crippen LogP contribution in [0.25, 0.3) is 0 Å². The topological polar surface area (TPSA) is 98.0 Å². The van der Waals surface area contributed by atoms with Crippen molar-refractivity contribution in [2.75, 3.05) is 10.5 Å². The summed E-state index contributed by atoms with van der Waals surface area (Å²) in [5.41, 5.74) is 6.08. The molecule has 0 spiro atoms. The van der Waals surface area contributed by atoms with Gasteiger partial charge in [-0.3, -0.25) is 4.72 Å². The van der Waals surface area contributed by atoms with Crippen LogP contribution in [0.5, 0.6) is 0 Å². The molecule has 0 fully saturated rings. The Kier molecular flexibility index (Phi) is 4.14. The molecule has 0 aliphatic heterocycles. The van der Waals surface area contributed by atoms with Crippen LogP contribution in [0.15, 0.2) is 26.0 Å². The van der Waals surface area contributed by atoms with Crippen LogP contribution in [0, 0.1) is 6.92 Å². The molecule has 2 rings (SSSR count). The molecule has 19 heavy (non-hydrogen) atoms. The molecular weight excluding hydrogens is 420 g/mol. The van der Waals surface area contributed by atoms with Gasteiger partial charge in [-0.15, -0.1) is 10.2 Å². The molecule has 1 aromatic carbocycles. The molecule has 1 aromatic heterocycles. The summed E-state index contributed by atoms with van der Waals surface area (Å²) >= 11 is 7.54. The molecule has 1 heterocycles.